The molecule has 1 aliphatic rings. The average Bonchev–Trinajstić information content (AvgIpc) is 3.41. The molecule has 0 saturated carbocycles. The van der Waals surface area contributed by atoms with E-state index in [0.717, 1.165) is 30.6 Å². The number of nitrogens with one attached hydrogen (secondary N) is 2. The summed E-state index contributed by atoms with van der Waals surface area (Å²) in [6.07, 6.45) is 2.59. The molecule has 1 atom stereocenters. The maximum atomic E-state index is 4.76. The van der Waals surface area contributed by atoms with Crippen LogP contribution in [0.4, 0.5) is 5.82 Å². The van der Waals surface area contributed by atoms with Gasteiger partial charge >= 0.3 is 0 Å². The number of aromatic nitrogens is 1. The Hall–Kier alpha value is -2.12. The van der Waals surface area contributed by atoms with Crippen molar-refractivity contribution in [1.82, 2.24) is 20.5 Å². The zero-order chi connectivity index (χ0) is 19.8. The molecule has 0 amide bonds. The highest BCUT2D eigenvalue weighted by Gasteiger charge is 2.24. The van der Waals surface area contributed by atoms with Crippen LogP contribution in [-0.2, 0) is 6.54 Å². The lowest BCUT2D eigenvalue weighted by Crippen LogP contribution is -2.42. The molecule has 0 spiro atoms. The van der Waals surface area contributed by atoms with Crippen molar-refractivity contribution < 1.29 is 0 Å². The second-order valence-electron chi connectivity index (χ2n) is 7.23. The molecule has 0 radical (unpaired) electrons. The lowest BCUT2D eigenvalue weighted by atomic mass is 10.2. The molecule has 3 rings (SSSR count). The number of likely N-dealkylation sites (tertiary alicyclic amines) is 1. The maximum Gasteiger partial charge on any atom is 0.191 e. The summed E-state index contributed by atoms with van der Waals surface area (Å²) in [6.45, 7) is 6.71. The smallest absolute Gasteiger partial charge is 0.191 e. The summed E-state index contributed by atoms with van der Waals surface area (Å²) in [7, 11) is 4.01. The van der Waals surface area contributed by atoms with Gasteiger partial charge in [0.15, 0.2) is 5.96 Å². The zero-order valence-corrected chi connectivity index (χ0v) is 18.0. The molecule has 2 N–H and O–H groups in total. The average molecular weight is 401 g/mol. The highest BCUT2D eigenvalue weighted by atomic mass is 32.1. The largest absolute Gasteiger partial charge is 0.363 e. The molecule has 1 fully saturated rings. The normalized spacial score (nSPS) is 16.2. The number of nitrogens with zero attached hydrogens (tertiary/aromatic N) is 4. The van der Waals surface area contributed by atoms with Gasteiger partial charge in [-0.05, 0) is 56.4 Å². The predicted molar refractivity (Wildman–Crippen MR) is 119 cm³/mol. The third-order valence-electron chi connectivity index (χ3n) is 4.91. The monoisotopic (exact) mass is 400 g/mol. The van der Waals surface area contributed by atoms with Crippen molar-refractivity contribution in [2.24, 2.45) is 4.99 Å². The van der Waals surface area contributed by atoms with Gasteiger partial charge < -0.3 is 15.5 Å². The predicted octanol–water partition coefficient (Wildman–Crippen LogP) is 3.10. The fourth-order valence-electron chi connectivity index (χ4n) is 3.44. The lowest BCUT2D eigenvalue weighted by molar-refractivity contribution is 0.249. The molecule has 7 heteroatoms. The van der Waals surface area contributed by atoms with Gasteiger partial charge in [0.25, 0.3) is 0 Å². The fraction of sp³-hybridized carbons (Fsp3) is 0.524. The maximum absolute atomic E-state index is 4.76. The Balaban J connectivity index is 1.65. The van der Waals surface area contributed by atoms with E-state index in [1.165, 1.54) is 30.8 Å². The van der Waals surface area contributed by atoms with Gasteiger partial charge in [0, 0.05) is 32.1 Å². The summed E-state index contributed by atoms with van der Waals surface area (Å²) < 4.78 is 0. The highest BCUT2D eigenvalue weighted by molar-refractivity contribution is 7.10. The molecular formula is C21H32N6S. The van der Waals surface area contributed by atoms with Crippen molar-refractivity contribution in [3.05, 3.63) is 46.3 Å². The minimum atomic E-state index is 0.404. The number of hydrogen-bond acceptors (Lipinski definition) is 5. The molecule has 0 aromatic carbocycles. The first-order chi connectivity index (χ1) is 13.7. The quantitative estimate of drug-likeness (QED) is 0.527. The van der Waals surface area contributed by atoms with Crippen molar-refractivity contribution in [1.29, 1.82) is 0 Å². The number of rotatable bonds is 8. The molecule has 0 aliphatic carbocycles. The SMILES string of the molecule is CCNC(=NCc1cccc(N(C)C)n1)NCC(c1cccs1)N1CCCC1. The molecule has 2 aromatic rings. The van der Waals surface area contributed by atoms with Crippen LogP contribution < -0.4 is 15.5 Å². The van der Waals surface area contributed by atoms with Crippen LogP contribution in [-0.4, -0.2) is 56.1 Å². The molecule has 1 saturated heterocycles. The summed E-state index contributed by atoms with van der Waals surface area (Å²) in [4.78, 5) is 15.4. The van der Waals surface area contributed by atoms with Crippen molar-refractivity contribution in [3.8, 4) is 0 Å². The molecule has 1 unspecified atom stereocenters. The van der Waals surface area contributed by atoms with Crippen molar-refractivity contribution in [3.63, 3.8) is 0 Å². The van der Waals surface area contributed by atoms with E-state index in [4.69, 9.17) is 4.99 Å². The Labute approximate surface area is 172 Å². The topological polar surface area (TPSA) is 55.8 Å². The van der Waals surface area contributed by atoms with Crippen LogP contribution in [0.2, 0.25) is 0 Å². The molecule has 6 nitrogen and oxygen atoms in total. The van der Waals surface area contributed by atoms with Gasteiger partial charge in [-0.1, -0.05) is 12.1 Å². The van der Waals surface area contributed by atoms with E-state index in [-0.39, 0.29) is 0 Å². The van der Waals surface area contributed by atoms with Crippen LogP contribution in [0, 0.1) is 0 Å². The molecule has 3 heterocycles. The second kappa shape index (κ2) is 10.4. The third kappa shape index (κ3) is 5.69. The molecule has 28 heavy (non-hydrogen) atoms. The Morgan fingerprint density at radius 2 is 2.04 bits per heavy atom. The van der Waals surface area contributed by atoms with Crippen molar-refractivity contribution in [2.45, 2.75) is 32.4 Å². The first-order valence-corrected chi connectivity index (χ1v) is 11.0. The highest BCUT2D eigenvalue weighted by Crippen LogP contribution is 2.27. The van der Waals surface area contributed by atoms with Gasteiger partial charge in [-0.3, -0.25) is 4.90 Å². The zero-order valence-electron chi connectivity index (χ0n) is 17.2. The number of pyridine rings is 1. The van der Waals surface area contributed by atoms with Crippen LogP contribution in [0.5, 0.6) is 0 Å². The molecular weight excluding hydrogens is 368 g/mol. The number of thiophene rings is 1. The fourth-order valence-corrected chi connectivity index (χ4v) is 4.30. The minimum absolute atomic E-state index is 0.404. The van der Waals surface area contributed by atoms with Crippen LogP contribution >= 0.6 is 11.3 Å². The van der Waals surface area contributed by atoms with E-state index in [1.54, 1.807) is 0 Å². The van der Waals surface area contributed by atoms with E-state index >= 15 is 0 Å². The summed E-state index contributed by atoms with van der Waals surface area (Å²) in [5, 5.41) is 9.09. The van der Waals surface area contributed by atoms with Gasteiger partial charge in [0.2, 0.25) is 0 Å². The van der Waals surface area contributed by atoms with Crippen LogP contribution in [0.1, 0.15) is 36.4 Å². The van der Waals surface area contributed by atoms with Crippen LogP contribution in [0.3, 0.4) is 0 Å². The Bertz CT molecular complexity index is 737. The van der Waals surface area contributed by atoms with Crippen LogP contribution in [0.25, 0.3) is 0 Å². The summed E-state index contributed by atoms with van der Waals surface area (Å²) in [5.74, 6) is 1.80. The van der Waals surface area contributed by atoms with Gasteiger partial charge in [-0.15, -0.1) is 11.3 Å². The van der Waals surface area contributed by atoms with Crippen molar-refractivity contribution >= 4 is 23.1 Å². The molecule has 0 bridgehead atoms. The summed E-state index contributed by atoms with van der Waals surface area (Å²) >= 11 is 1.84. The summed E-state index contributed by atoms with van der Waals surface area (Å²) in [5.41, 5.74) is 0.970. The number of aliphatic imine (C=N–C) groups is 1. The second-order valence-corrected chi connectivity index (χ2v) is 8.21. The van der Waals surface area contributed by atoms with Gasteiger partial charge in [0.05, 0.1) is 18.3 Å². The van der Waals surface area contributed by atoms with Gasteiger partial charge in [-0.25, -0.2) is 9.98 Å². The standard InChI is InChI=1S/C21H32N6S/c1-4-22-21(23-15-17-9-7-11-20(25-17)26(2)3)24-16-18(19-10-8-14-28-19)27-12-5-6-13-27/h7-11,14,18H,4-6,12-13,15-16H2,1-3H3,(H2,22,23,24). The van der Waals surface area contributed by atoms with E-state index in [0.29, 0.717) is 12.6 Å². The number of anilines is 1. The van der Waals surface area contributed by atoms with E-state index < -0.39 is 0 Å². The number of hydrogen-bond donors (Lipinski definition) is 2. The lowest BCUT2D eigenvalue weighted by Gasteiger charge is -2.27. The van der Waals surface area contributed by atoms with Gasteiger partial charge in [-0.2, -0.15) is 0 Å². The van der Waals surface area contributed by atoms with Gasteiger partial charge in [0.1, 0.15) is 5.82 Å². The third-order valence-corrected chi connectivity index (χ3v) is 5.88. The first-order valence-electron chi connectivity index (χ1n) is 10.1. The summed E-state index contributed by atoms with van der Waals surface area (Å²) in [6, 6.07) is 10.9. The molecule has 2 aromatic heterocycles. The Morgan fingerprint density at radius 3 is 2.71 bits per heavy atom. The minimum Gasteiger partial charge on any atom is -0.363 e. The van der Waals surface area contributed by atoms with E-state index in [9.17, 15) is 0 Å². The Kier molecular flexibility index (Phi) is 7.68. The Morgan fingerprint density at radius 1 is 1.21 bits per heavy atom. The van der Waals surface area contributed by atoms with E-state index in [2.05, 4.69) is 45.0 Å². The number of guanidine groups is 1. The van der Waals surface area contributed by atoms with E-state index in [1.807, 2.05) is 48.5 Å². The molecule has 152 valence electrons. The molecule has 1 aliphatic heterocycles. The van der Waals surface area contributed by atoms with Crippen molar-refractivity contribution in [2.75, 3.05) is 45.2 Å². The van der Waals surface area contributed by atoms with Crippen LogP contribution in [0.15, 0.2) is 40.7 Å². The first kappa shape index (κ1) is 20.6.